The van der Waals surface area contributed by atoms with Crippen molar-refractivity contribution in [1.82, 2.24) is 0 Å². The van der Waals surface area contributed by atoms with E-state index in [4.69, 9.17) is 4.74 Å². The smallest absolute Gasteiger partial charge is 0.262 e. The molecular weight excluding hydrogens is 250 g/mol. The first-order valence-corrected chi connectivity index (χ1v) is 6.62. The topological polar surface area (TPSA) is 38.3 Å². The quantitative estimate of drug-likeness (QED) is 0.920. The van der Waals surface area contributed by atoms with Crippen LogP contribution in [0.1, 0.15) is 16.7 Å². The van der Waals surface area contributed by atoms with Gasteiger partial charge in [0.15, 0.2) is 6.61 Å². The summed E-state index contributed by atoms with van der Waals surface area (Å²) in [6.07, 6.45) is 0. The van der Waals surface area contributed by atoms with E-state index in [1.165, 1.54) is 0 Å². The molecule has 0 saturated heterocycles. The SMILES string of the molecule is Cc1ccccc1NC(=O)COc1c(C)cccc1C. The number of carbonyl (C=O) groups is 1. The number of nitrogens with one attached hydrogen (secondary N) is 1. The first-order valence-electron chi connectivity index (χ1n) is 6.62. The highest BCUT2D eigenvalue weighted by atomic mass is 16.5. The Morgan fingerprint density at radius 3 is 2.20 bits per heavy atom. The highest BCUT2D eigenvalue weighted by Crippen LogP contribution is 2.22. The van der Waals surface area contributed by atoms with E-state index < -0.39 is 0 Å². The van der Waals surface area contributed by atoms with E-state index in [0.29, 0.717) is 0 Å². The number of amides is 1. The van der Waals surface area contributed by atoms with Crippen LogP contribution in [0.4, 0.5) is 5.69 Å². The van der Waals surface area contributed by atoms with Crippen molar-refractivity contribution in [2.75, 3.05) is 11.9 Å². The van der Waals surface area contributed by atoms with E-state index in [1.807, 2.05) is 63.2 Å². The van der Waals surface area contributed by atoms with Gasteiger partial charge >= 0.3 is 0 Å². The fourth-order valence-electron chi connectivity index (χ4n) is 2.06. The zero-order chi connectivity index (χ0) is 14.5. The lowest BCUT2D eigenvalue weighted by molar-refractivity contribution is -0.118. The largest absolute Gasteiger partial charge is 0.483 e. The lowest BCUT2D eigenvalue weighted by atomic mass is 10.1. The van der Waals surface area contributed by atoms with Crippen molar-refractivity contribution >= 4 is 11.6 Å². The molecule has 2 aromatic rings. The Morgan fingerprint density at radius 2 is 1.55 bits per heavy atom. The lowest BCUT2D eigenvalue weighted by Crippen LogP contribution is -2.21. The molecule has 0 aliphatic heterocycles. The van der Waals surface area contributed by atoms with Crippen molar-refractivity contribution in [3.8, 4) is 5.75 Å². The van der Waals surface area contributed by atoms with Crippen LogP contribution in [-0.4, -0.2) is 12.5 Å². The minimum Gasteiger partial charge on any atom is -0.483 e. The van der Waals surface area contributed by atoms with Gasteiger partial charge in [-0.1, -0.05) is 36.4 Å². The highest BCUT2D eigenvalue weighted by molar-refractivity contribution is 5.92. The molecule has 104 valence electrons. The number of anilines is 1. The summed E-state index contributed by atoms with van der Waals surface area (Å²) in [5.74, 6) is 0.634. The molecule has 3 heteroatoms. The van der Waals surface area contributed by atoms with Crippen LogP contribution in [0.3, 0.4) is 0 Å². The van der Waals surface area contributed by atoms with Crippen LogP contribution in [0.5, 0.6) is 5.75 Å². The summed E-state index contributed by atoms with van der Waals surface area (Å²) >= 11 is 0. The Bertz CT molecular complexity index is 600. The normalized spacial score (nSPS) is 10.2. The van der Waals surface area contributed by atoms with Gasteiger partial charge < -0.3 is 10.1 Å². The molecule has 0 heterocycles. The third kappa shape index (κ3) is 3.38. The van der Waals surface area contributed by atoms with E-state index in [2.05, 4.69) is 5.32 Å². The van der Waals surface area contributed by atoms with Crippen LogP contribution in [0.25, 0.3) is 0 Å². The summed E-state index contributed by atoms with van der Waals surface area (Å²) in [7, 11) is 0. The molecular formula is C17H19NO2. The van der Waals surface area contributed by atoms with Crippen LogP contribution < -0.4 is 10.1 Å². The molecule has 0 saturated carbocycles. The molecule has 1 amide bonds. The predicted octanol–water partition coefficient (Wildman–Crippen LogP) is 3.63. The van der Waals surface area contributed by atoms with Crippen molar-refractivity contribution in [1.29, 1.82) is 0 Å². The first-order chi connectivity index (χ1) is 9.58. The monoisotopic (exact) mass is 269 g/mol. The molecule has 2 aromatic carbocycles. The summed E-state index contributed by atoms with van der Waals surface area (Å²) in [5.41, 5.74) is 3.93. The Morgan fingerprint density at radius 1 is 0.950 bits per heavy atom. The van der Waals surface area contributed by atoms with Gasteiger partial charge in [-0.25, -0.2) is 0 Å². The van der Waals surface area contributed by atoms with Gasteiger partial charge in [0.05, 0.1) is 0 Å². The fraction of sp³-hybridized carbons (Fsp3) is 0.235. The summed E-state index contributed by atoms with van der Waals surface area (Å²) in [6.45, 7) is 5.92. The van der Waals surface area contributed by atoms with Gasteiger partial charge in [-0.3, -0.25) is 4.79 Å². The number of para-hydroxylation sites is 2. The second-order valence-corrected chi connectivity index (χ2v) is 4.87. The van der Waals surface area contributed by atoms with Crippen LogP contribution in [0.15, 0.2) is 42.5 Å². The molecule has 3 nitrogen and oxygen atoms in total. The van der Waals surface area contributed by atoms with Crippen molar-refractivity contribution < 1.29 is 9.53 Å². The van der Waals surface area contributed by atoms with Gasteiger partial charge in [0.2, 0.25) is 0 Å². The molecule has 2 rings (SSSR count). The van der Waals surface area contributed by atoms with Gasteiger partial charge in [-0.15, -0.1) is 0 Å². The molecule has 0 unspecified atom stereocenters. The van der Waals surface area contributed by atoms with Gasteiger partial charge in [0.1, 0.15) is 5.75 Å². The fourth-order valence-corrected chi connectivity index (χ4v) is 2.06. The first kappa shape index (κ1) is 14.1. The molecule has 0 spiro atoms. The summed E-state index contributed by atoms with van der Waals surface area (Å²) < 4.78 is 5.63. The minimum absolute atomic E-state index is 0.0139. The Kier molecular flexibility index (Phi) is 4.41. The summed E-state index contributed by atoms with van der Waals surface area (Å²) in [5, 5.41) is 2.86. The summed E-state index contributed by atoms with van der Waals surface area (Å²) in [4.78, 5) is 11.9. The maximum atomic E-state index is 11.9. The van der Waals surface area contributed by atoms with E-state index in [-0.39, 0.29) is 12.5 Å². The lowest BCUT2D eigenvalue weighted by Gasteiger charge is -2.12. The number of ether oxygens (including phenoxy) is 1. The predicted molar refractivity (Wildman–Crippen MR) is 81.2 cm³/mol. The van der Waals surface area contributed by atoms with E-state index in [1.54, 1.807) is 0 Å². The van der Waals surface area contributed by atoms with Crippen molar-refractivity contribution in [3.63, 3.8) is 0 Å². The average Bonchev–Trinajstić information content (AvgIpc) is 2.41. The van der Waals surface area contributed by atoms with Crippen LogP contribution in [0.2, 0.25) is 0 Å². The average molecular weight is 269 g/mol. The van der Waals surface area contributed by atoms with Crippen molar-refractivity contribution in [3.05, 3.63) is 59.2 Å². The van der Waals surface area contributed by atoms with Crippen LogP contribution in [-0.2, 0) is 4.79 Å². The second-order valence-electron chi connectivity index (χ2n) is 4.87. The maximum absolute atomic E-state index is 11.9. The zero-order valence-corrected chi connectivity index (χ0v) is 12.1. The number of hydrogen-bond acceptors (Lipinski definition) is 2. The maximum Gasteiger partial charge on any atom is 0.262 e. The molecule has 1 N–H and O–H groups in total. The van der Waals surface area contributed by atoms with Gasteiger partial charge in [0, 0.05) is 5.69 Å². The van der Waals surface area contributed by atoms with Crippen molar-refractivity contribution in [2.45, 2.75) is 20.8 Å². The van der Waals surface area contributed by atoms with Gasteiger partial charge in [-0.2, -0.15) is 0 Å². The number of rotatable bonds is 4. The van der Waals surface area contributed by atoms with Crippen molar-refractivity contribution in [2.24, 2.45) is 0 Å². The van der Waals surface area contributed by atoms with Crippen LogP contribution in [0, 0.1) is 20.8 Å². The molecule has 20 heavy (non-hydrogen) atoms. The van der Waals surface area contributed by atoms with Gasteiger partial charge in [-0.05, 0) is 43.5 Å². The standard InChI is InChI=1S/C17H19NO2/c1-12-7-4-5-10-15(12)18-16(19)11-20-17-13(2)8-6-9-14(17)3/h4-10H,11H2,1-3H3,(H,18,19). The molecule has 0 atom stereocenters. The van der Waals surface area contributed by atoms with E-state index >= 15 is 0 Å². The number of benzene rings is 2. The second kappa shape index (κ2) is 6.24. The number of hydrogen-bond donors (Lipinski definition) is 1. The zero-order valence-electron chi connectivity index (χ0n) is 12.1. The highest BCUT2D eigenvalue weighted by Gasteiger charge is 2.08. The number of aryl methyl sites for hydroxylation is 3. The van der Waals surface area contributed by atoms with Gasteiger partial charge in [0.25, 0.3) is 5.91 Å². The molecule has 0 aliphatic carbocycles. The Balaban J connectivity index is 1.98. The van der Waals surface area contributed by atoms with E-state index in [9.17, 15) is 4.79 Å². The Labute approximate surface area is 119 Å². The summed E-state index contributed by atoms with van der Waals surface area (Å²) in [6, 6.07) is 13.6. The van der Waals surface area contributed by atoms with Crippen LogP contribution >= 0.6 is 0 Å². The molecule has 0 aliphatic rings. The molecule has 0 fully saturated rings. The Hall–Kier alpha value is -2.29. The molecule has 0 radical (unpaired) electrons. The number of carbonyl (C=O) groups excluding carboxylic acids is 1. The minimum atomic E-state index is -0.151. The third-order valence-electron chi connectivity index (χ3n) is 3.18. The molecule has 0 aromatic heterocycles. The van der Waals surface area contributed by atoms with E-state index in [0.717, 1.165) is 28.1 Å². The third-order valence-corrected chi connectivity index (χ3v) is 3.18. The molecule has 0 bridgehead atoms.